The van der Waals surface area contributed by atoms with Crippen LogP contribution in [-0.2, 0) is 16.0 Å². The fourth-order valence-corrected chi connectivity index (χ4v) is 8.05. The van der Waals surface area contributed by atoms with Gasteiger partial charge in [-0.3, -0.25) is 9.69 Å². The van der Waals surface area contributed by atoms with Gasteiger partial charge in [0.1, 0.15) is 0 Å². The second-order valence-electron chi connectivity index (χ2n) is 11.2. The van der Waals surface area contributed by atoms with Crippen LogP contribution in [0.1, 0.15) is 50.1 Å². The van der Waals surface area contributed by atoms with Gasteiger partial charge < -0.3 is 20.5 Å². The lowest BCUT2D eigenvalue weighted by Crippen LogP contribution is -2.53. The van der Waals surface area contributed by atoms with Crippen LogP contribution in [-0.4, -0.2) is 66.4 Å². The van der Waals surface area contributed by atoms with Crippen molar-refractivity contribution in [3.05, 3.63) is 40.9 Å². The van der Waals surface area contributed by atoms with Gasteiger partial charge in [-0.2, -0.15) is 0 Å². The molecule has 8 heteroatoms. The van der Waals surface area contributed by atoms with Crippen LogP contribution < -0.4 is 10.6 Å². The number of fused-ring (bicyclic) bond motifs is 2. The molecule has 6 atom stereocenters. The Bertz CT molecular complexity index is 1040. The molecule has 2 aromatic rings. The zero-order chi connectivity index (χ0) is 25.3. The van der Waals surface area contributed by atoms with E-state index in [1.54, 1.807) is 11.3 Å². The van der Waals surface area contributed by atoms with Gasteiger partial charge in [0.25, 0.3) is 0 Å². The molecule has 2 fully saturated rings. The fourth-order valence-electron chi connectivity index (χ4n) is 6.76. The van der Waals surface area contributed by atoms with Crippen molar-refractivity contribution in [2.75, 3.05) is 44.7 Å². The highest BCUT2D eigenvalue weighted by atomic mass is 32.1. The number of thiazole rings is 1. The van der Waals surface area contributed by atoms with Crippen molar-refractivity contribution >= 4 is 28.1 Å². The third-order valence-electron chi connectivity index (χ3n) is 8.83. The molecule has 1 saturated heterocycles. The maximum atomic E-state index is 13.0. The summed E-state index contributed by atoms with van der Waals surface area (Å²) in [6.07, 6.45) is 2.32. The maximum absolute atomic E-state index is 13.0. The van der Waals surface area contributed by atoms with Gasteiger partial charge >= 0.3 is 0 Å². The van der Waals surface area contributed by atoms with Gasteiger partial charge in [-0.25, -0.2) is 4.98 Å². The SMILES string of the molecule is C[C@H](C(=O)NCCN1CCOCC1)C1CC[C@@]2(C)Cc3sc(Nc4ccccc4)nc3[C@@H](C)[C@@H]2[C@H]1O. The summed E-state index contributed by atoms with van der Waals surface area (Å²) < 4.78 is 5.40. The summed E-state index contributed by atoms with van der Waals surface area (Å²) >= 11 is 1.74. The molecule has 1 aliphatic heterocycles. The molecule has 3 aliphatic rings. The second kappa shape index (κ2) is 10.8. The standard InChI is InChI=1S/C28H40N4O3S/c1-18(26(34)29-11-12-32-13-15-35-16-14-32)21-9-10-28(3)17-22-24(19(2)23(28)25(21)33)31-27(36-22)30-20-7-5-4-6-8-20/h4-8,18-19,21,23,25,33H,9-17H2,1-3H3,(H,29,34)(H,30,31)/t18-,19-,21?,23+,25-,28-/m0/s1. The quantitative estimate of drug-likeness (QED) is 0.520. The third-order valence-corrected chi connectivity index (χ3v) is 9.82. The van der Waals surface area contributed by atoms with Crippen molar-refractivity contribution in [3.8, 4) is 0 Å². The van der Waals surface area contributed by atoms with E-state index in [1.807, 2.05) is 37.3 Å². The third kappa shape index (κ3) is 5.19. The first kappa shape index (κ1) is 25.6. The van der Waals surface area contributed by atoms with E-state index in [0.717, 1.165) is 68.6 Å². The van der Waals surface area contributed by atoms with Gasteiger partial charge in [0.05, 0.1) is 25.0 Å². The molecule has 0 radical (unpaired) electrons. The number of carbonyl (C=O) groups is 1. The number of ether oxygens (including phenoxy) is 1. The van der Waals surface area contributed by atoms with Crippen molar-refractivity contribution < 1.29 is 14.6 Å². The summed E-state index contributed by atoms with van der Waals surface area (Å²) in [5, 5.41) is 19.2. The van der Waals surface area contributed by atoms with E-state index in [0.29, 0.717) is 6.54 Å². The number of aliphatic hydroxyl groups is 1. The lowest BCUT2D eigenvalue weighted by atomic mass is 9.53. The Labute approximate surface area is 218 Å². The first-order valence-corrected chi connectivity index (χ1v) is 14.2. The smallest absolute Gasteiger partial charge is 0.223 e. The first-order chi connectivity index (χ1) is 17.4. The Hall–Kier alpha value is -2.00. The number of rotatable bonds is 7. The molecule has 2 aliphatic carbocycles. The van der Waals surface area contributed by atoms with E-state index < -0.39 is 6.10 Å². The number of nitrogens with zero attached hydrogens (tertiary/aromatic N) is 2. The van der Waals surface area contributed by atoms with E-state index in [2.05, 4.69) is 29.4 Å². The van der Waals surface area contributed by atoms with E-state index in [1.165, 1.54) is 4.88 Å². The van der Waals surface area contributed by atoms with Crippen LogP contribution in [0.2, 0.25) is 0 Å². The molecule has 3 N–H and O–H groups in total. The van der Waals surface area contributed by atoms with Gasteiger partial charge in [0, 0.05) is 48.6 Å². The second-order valence-corrected chi connectivity index (χ2v) is 12.3. The fraction of sp³-hybridized carbons (Fsp3) is 0.643. The molecule has 1 unspecified atom stereocenters. The Morgan fingerprint density at radius 3 is 2.81 bits per heavy atom. The lowest BCUT2D eigenvalue weighted by molar-refractivity contribution is -0.134. The molecule has 196 valence electrons. The van der Waals surface area contributed by atoms with E-state index >= 15 is 0 Å². The number of anilines is 2. The molecule has 0 spiro atoms. The zero-order valence-electron chi connectivity index (χ0n) is 21.7. The molecular formula is C28H40N4O3S. The van der Waals surface area contributed by atoms with Crippen LogP contribution in [0.3, 0.4) is 0 Å². The van der Waals surface area contributed by atoms with Gasteiger partial charge in [-0.1, -0.05) is 39.0 Å². The van der Waals surface area contributed by atoms with Gasteiger partial charge in [0.15, 0.2) is 5.13 Å². The molecule has 0 bridgehead atoms. The van der Waals surface area contributed by atoms with Crippen molar-refractivity contribution in [3.63, 3.8) is 0 Å². The van der Waals surface area contributed by atoms with E-state index in [-0.39, 0.29) is 35.0 Å². The van der Waals surface area contributed by atoms with Crippen LogP contribution in [0, 0.1) is 23.2 Å². The van der Waals surface area contributed by atoms with Crippen LogP contribution in [0.15, 0.2) is 30.3 Å². The summed E-state index contributed by atoms with van der Waals surface area (Å²) in [5.41, 5.74) is 2.17. The molecule has 1 aromatic heterocycles. The normalized spacial score (nSPS) is 31.2. The summed E-state index contributed by atoms with van der Waals surface area (Å²) in [7, 11) is 0. The molecule has 7 nitrogen and oxygen atoms in total. The molecule has 1 saturated carbocycles. The molecule has 1 amide bonds. The van der Waals surface area contributed by atoms with Gasteiger partial charge in [0.2, 0.25) is 5.91 Å². The van der Waals surface area contributed by atoms with Crippen molar-refractivity contribution in [1.82, 2.24) is 15.2 Å². The zero-order valence-corrected chi connectivity index (χ0v) is 22.5. The van der Waals surface area contributed by atoms with E-state index in [9.17, 15) is 9.90 Å². The summed E-state index contributed by atoms with van der Waals surface area (Å²) in [6, 6.07) is 10.1. The van der Waals surface area contributed by atoms with Gasteiger partial charge in [-0.05, 0) is 48.6 Å². The topological polar surface area (TPSA) is 86.7 Å². The van der Waals surface area contributed by atoms with Crippen molar-refractivity contribution in [2.24, 2.45) is 23.2 Å². The first-order valence-electron chi connectivity index (χ1n) is 13.4. The summed E-state index contributed by atoms with van der Waals surface area (Å²) in [4.78, 5) is 21.7. The number of aromatic nitrogens is 1. The molecule has 2 heterocycles. The molecule has 1 aromatic carbocycles. The Balaban J connectivity index is 1.24. The predicted molar refractivity (Wildman–Crippen MR) is 144 cm³/mol. The van der Waals surface area contributed by atoms with Crippen LogP contribution in [0.4, 0.5) is 10.8 Å². The summed E-state index contributed by atoms with van der Waals surface area (Å²) in [5.74, 6) is 0.0578. The average molecular weight is 513 g/mol. The molecule has 5 rings (SSSR count). The minimum atomic E-state index is -0.515. The van der Waals surface area contributed by atoms with Crippen LogP contribution >= 0.6 is 11.3 Å². The number of benzene rings is 1. The lowest BCUT2D eigenvalue weighted by Gasteiger charge is -2.53. The van der Waals surface area contributed by atoms with Gasteiger partial charge in [-0.15, -0.1) is 11.3 Å². The Morgan fingerprint density at radius 2 is 2.06 bits per heavy atom. The number of hydrogen-bond acceptors (Lipinski definition) is 7. The summed E-state index contributed by atoms with van der Waals surface area (Å²) in [6.45, 7) is 11.4. The Morgan fingerprint density at radius 1 is 1.31 bits per heavy atom. The van der Waals surface area contributed by atoms with E-state index in [4.69, 9.17) is 9.72 Å². The molecular weight excluding hydrogens is 472 g/mol. The number of hydrogen-bond donors (Lipinski definition) is 3. The minimum absolute atomic E-state index is 0.0193. The van der Waals surface area contributed by atoms with Crippen LogP contribution in [0.25, 0.3) is 0 Å². The largest absolute Gasteiger partial charge is 0.392 e. The number of nitrogens with one attached hydrogen (secondary N) is 2. The number of morpholine rings is 1. The average Bonchev–Trinajstić information content (AvgIpc) is 3.26. The Kier molecular flexibility index (Phi) is 7.67. The highest BCUT2D eigenvalue weighted by Gasteiger charge is 2.53. The number of para-hydroxylation sites is 1. The monoisotopic (exact) mass is 512 g/mol. The highest BCUT2D eigenvalue weighted by Crippen LogP contribution is 2.57. The number of amides is 1. The number of aliphatic hydroxyl groups excluding tert-OH is 1. The maximum Gasteiger partial charge on any atom is 0.223 e. The van der Waals surface area contributed by atoms with Crippen molar-refractivity contribution in [1.29, 1.82) is 0 Å². The molecule has 36 heavy (non-hydrogen) atoms. The van der Waals surface area contributed by atoms with Crippen LogP contribution in [0.5, 0.6) is 0 Å². The minimum Gasteiger partial charge on any atom is -0.392 e. The highest BCUT2D eigenvalue weighted by molar-refractivity contribution is 7.15. The predicted octanol–water partition coefficient (Wildman–Crippen LogP) is 4.02. The number of carbonyl (C=O) groups excluding carboxylic acids is 1. The van der Waals surface area contributed by atoms with Crippen molar-refractivity contribution in [2.45, 2.75) is 52.1 Å².